The van der Waals surface area contributed by atoms with Crippen LogP contribution in [-0.2, 0) is 11.2 Å². The van der Waals surface area contributed by atoms with Gasteiger partial charge in [0.25, 0.3) is 5.91 Å². The molecule has 1 aromatic carbocycles. The second-order valence-electron chi connectivity index (χ2n) is 6.94. The van der Waals surface area contributed by atoms with Crippen LogP contribution in [0.1, 0.15) is 54.3 Å². The van der Waals surface area contributed by atoms with Crippen LogP contribution in [-0.4, -0.2) is 31.7 Å². The molecule has 0 aliphatic heterocycles. The Hall–Kier alpha value is -3.22. The first-order valence-corrected chi connectivity index (χ1v) is 9.36. The van der Waals surface area contributed by atoms with Gasteiger partial charge in [-0.1, -0.05) is 19.1 Å². The lowest BCUT2D eigenvalue weighted by molar-refractivity contribution is -0.136. The highest BCUT2D eigenvalue weighted by molar-refractivity contribution is 6.12. The van der Waals surface area contributed by atoms with Gasteiger partial charge < -0.3 is 10.4 Å². The van der Waals surface area contributed by atoms with Crippen molar-refractivity contribution < 1.29 is 14.7 Å². The average molecular weight is 380 g/mol. The van der Waals surface area contributed by atoms with E-state index in [4.69, 9.17) is 5.11 Å². The van der Waals surface area contributed by atoms with E-state index in [1.807, 2.05) is 17.7 Å². The summed E-state index contributed by atoms with van der Waals surface area (Å²) in [5.74, 6) is -1.09. The molecular weight excluding hydrogens is 356 g/mol. The summed E-state index contributed by atoms with van der Waals surface area (Å²) in [5.41, 5.74) is 3.46. The Morgan fingerprint density at radius 3 is 2.79 bits per heavy atom. The van der Waals surface area contributed by atoms with Gasteiger partial charge in [-0.15, -0.1) is 0 Å². The maximum absolute atomic E-state index is 12.9. The largest absolute Gasteiger partial charge is 0.481 e. The zero-order valence-electron chi connectivity index (χ0n) is 16.3. The van der Waals surface area contributed by atoms with Crippen LogP contribution in [0.25, 0.3) is 11.0 Å². The Kier molecular flexibility index (Phi) is 5.73. The molecule has 3 aromatic rings. The Labute approximate surface area is 163 Å². The summed E-state index contributed by atoms with van der Waals surface area (Å²) < 4.78 is 1.85. The van der Waals surface area contributed by atoms with Crippen LogP contribution in [0.2, 0.25) is 0 Å². The van der Waals surface area contributed by atoms with Crippen LogP contribution in [0.3, 0.4) is 0 Å². The molecule has 7 nitrogen and oxygen atoms in total. The minimum atomic E-state index is -0.845. The van der Waals surface area contributed by atoms with Crippen molar-refractivity contribution in [3.8, 4) is 0 Å². The van der Waals surface area contributed by atoms with Gasteiger partial charge in [-0.25, -0.2) is 9.67 Å². The van der Waals surface area contributed by atoms with E-state index in [-0.39, 0.29) is 18.4 Å². The molecule has 1 unspecified atom stereocenters. The molecule has 2 heterocycles. The van der Waals surface area contributed by atoms with Gasteiger partial charge in [-0.2, -0.15) is 5.10 Å². The Bertz CT molecular complexity index is 1030. The van der Waals surface area contributed by atoms with Crippen LogP contribution >= 0.6 is 0 Å². The quantitative estimate of drug-likeness (QED) is 0.646. The lowest BCUT2D eigenvalue weighted by atomic mass is 10.1. The molecule has 0 aliphatic carbocycles. The third kappa shape index (κ3) is 4.19. The molecule has 0 bridgehead atoms. The number of carboxylic acids is 1. The van der Waals surface area contributed by atoms with Gasteiger partial charge in [0.1, 0.15) is 0 Å². The van der Waals surface area contributed by atoms with E-state index in [9.17, 15) is 9.59 Å². The number of aromatic nitrogens is 3. The lowest BCUT2D eigenvalue weighted by Crippen LogP contribution is -2.14. The summed E-state index contributed by atoms with van der Waals surface area (Å²) in [6.07, 6.45) is 3.07. The molecule has 0 saturated carbocycles. The van der Waals surface area contributed by atoms with Crippen molar-refractivity contribution in [3.05, 3.63) is 53.3 Å². The number of nitrogens with zero attached hydrogens (tertiary/aromatic N) is 3. The van der Waals surface area contributed by atoms with Crippen LogP contribution in [0, 0.1) is 6.92 Å². The normalized spacial score (nSPS) is 12.1. The Morgan fingerprint density at radius 1 is 1.29 bits per heavy atom. The van der Waals surface area contributed by atoms with Crippen molar-refractivity contribution in [2.24, 2.45) is 0 Å². The number of carbonyl (C=O) groups is 2. The van der Waals surface area contributed by atoms with Crippen LogP contribution in [0.5, 0.6) is 0 Å². The van der Waals surface area contributed by atoms with E-state index in [0.29, 0.717) is 28.7 Å². The van der Waals surface area contributed by atoms with Gasteiger partial charge in [-0.05, 0) is 50.5 Å². The fourth-order valence-electron chi connectivity index (χ4n) is 3.08. The highest BCUT2D eigenvalue weighted by Crippen LogP contribution is 2.23. The topological polar surface area (TPSA) is 97.1 Å². The first-order valence-electron chi connectivity index (χ1n) is 9.36. The second-order valence-corrected chi connectivity index (χ2v) is 6.94. The predicted molar refractivity (Wildman–Crippen MR) is 108 cm³/mol. The number of benzene rings is 1. The summed E-state index contributed by atoms with van der Waals surface area (Å²) >= 11 is 0. The zero-order chi connectivity index (χ0) is 20.3. The van der Waals surface area contributed by atoms with E-state index >= 15 is 0 Å². The van der Waals surface area contributed by atoms with E-state index < -0.39 is 5.97 Å². The van der Waals surface area contributed by atoms with Crippen molar-refractivity contribution in [2.75, 3.05) is 5.32 Å². The summed E-state index contributed by atoms with van der Waals surface area (Å²) in [4.78, 5) is 28.3. The predicted octanol–water partition coefficient (Wildman–Crippen LogP) is 3.98. The number of aliphatic carboxylic acids is 1. The number of hydrogen-bond donors (Lipinski definition) is 2. The lowest BCUT2D eigenvalue weighted by Gasteiger charge is -2.12. The average Bonchev–Trinajstić information content (AvgIpc) is 3.09. The third-order valence-electron chi connectivity index (χ3n) is 4.76. The van der Waals surface area contributed by atoms with Gasteiger partial charge >= 0.3 is 5.97 Å². The number of nitrogens with one attached hydrogen (secondary N) is 1. The maximum atomic E-state index is 12.9. The molecule has 0 fully saturated rings. The SMILES string of the molecule is CCC(C)n1ncc2c(C(=O)Nc3cccc(CCC(=O)O)c3)cc(C)nc21. The minimum Gasteiger partial charge on any atom is -0.481 e. The molecule has 146 valence electrons. The molecule has 2 N–H and O–H groups in total. The number of carboxylic acid groups (broad SMARTS) is 1. The fraction of sp³-hybridized carbons (Fsp3) is 0.333. The fourth-order valence-corrected chi connectivity index (χ4v) is 3.08. The zero-order valence-corrected chi connectivity index (χ0v) is 16.3. The first-order chi connectivity index (χ1) is 13.4. The van der Waals surface area contributed by atoms with Crippen LogP contribution in [0.4, 0.5) is 5.69 Å². The smallest absolute Gasteiger partial charge is 0.303 e. The van der Waals surface area contributed by atoms with Gasteiger partial charge in [0.15, 0.2) is 5.65 Å². The molecular formula is C21H24N4O3. The maximum Gasteiger partial charge on any atom is 0.303 e. The molecule has 2 aromatic heterocycles. The number of rotatable bonds is 7. The monoisotopic (exact) mass is 380 g/mol. The first kappa shape index (κ1) is 19.5. The van der Waals surface area contributed by atoms with E-state index in [2.05, 4.69) is 29.2 Å². The highest BCUT2D eigenvalue weighted by atomic mass is 16.4. The van der Waals surface area contributed by atoms with Gasteiger partial charge in [0.2, 0.25) is 0 Å². The van der Waals surface area contributed by atoms with Crippen molar-refractivity contribution >= 4 is 28.6 Å². The van der Waals surface area contributed by atoms with Crippen molar-refractivity contribution in [1.29, 1.82) is 0 Å². The van der Waals surface area contributed by atoms with E-state index in [1.54, 1.807) is 30.5 Å². The molecule has 1 atom stereocenters. The van der Waals surface area contributed by atoms with E-state index in [1.165, 1.54) is 0 Å². The number of carbonyl (C=O) groups excluding carboxylic acids is 1. The molecule has 0 radical (unpaired) electrons. The number of amides is 1. The van der Waals surface area contributed by atoms with Crippen molar-refractivity contribution in [2.45, 2.75) is 46.1 Å². The molecule has 0 aliphatic rings. The summed E-state index contributed by atoms with van der Waals surface area (Å²) in [5, 5.41) is 16.9. The highest BCUT2D eigenvalue weighted by Gasteiger charge is 2.18. The molecule has 7 heteroatoms. The van der Waals surface area contributed by atoms with Crippen molar-refractivity contribution in [1.82, 2.24) is 14.8 Å². The standard InChI is InChI=1S/C21H24N4O3/c1-4-14(3)25-20-18(12-22-25)17(10-13(2)23-20)21(28)24-16-7-5-6-15(11-16)8-9-19(26)27/h5-7,10-12,14H,4,8-9H2,1-3H3,(H,24,28)(H,26,27). The number of aryl methyl sites for hydroxylation is 2. The van der Waals surface area contributed by atoms with Crippen LogP contribution < -0.4 is 5.32 Å². The van der Waals surface area contributed by atoms with E-state index in [0.717, 1.165) is 17.7 Å². The molecule has 0 saturated heterocycles. The van der Waals surface area contributed by atoms with Gasteiger partial charge in [-0.3, -0.25) is 9.59 Å². The Morgan fingerprint density at radius 2 is 2.07 bits per heavy atom. The summed E-state index contributed by atoms with van der Waals surface area (Å²) in [6, 6.07) is 9.19. The number of hydrogen-bond acceptors (Lipinski definition) is 4. The Balaban J connectivity index is 1.89. The van der Waals surface area contributed by atoms with Gasteiger partial charge in [0, 0.05) is 17.8 Å². The third-order valence-corrected chi connectivity index (χ3v) is 4.76. The number of pyridine rings is 1. The minimum absolute atomic E-state index is 0.0520. The number of anilines is 1. The molecule has 1 amide bonds. The summed E-state index contributed by atoms with van der Waals surface area (Å²) in [6.45, 7) is 6.01. The molecule has 0 spiro atoms. The van der Waals surface area contributed by atoms with Crippen molar-refractivity contribution in [3.63, 3.8) is 0 Å². The summed E-state index contributed by atoms with van der Waals surface area (Å²) in [7, 11) is 0. The van der Waals surface area contributed by atoms with Gasteiger partial charge in [0.05, 0.1) is 23.2 Å². The molecule has 3 rings (SSSR count). The second kappa shape index (κ2) is 8.21. The molecule has 28 heavy (non-hydrogen) atoms. The number of fused-ring (bicyclic) bond motifs is 1. The van der Waals surface area contributed by atoms with Crippen LogP contribution in [0.15, 0.2) is 36.5 Å².